The van der Waals surface area contributed by atoms with Gasteiger partial charge in [0.15, 0.2) is 0 Å². The highest BCUT2D eigenvalue weighted by molar-refractivity contribution is 7.89. The Labute approximate surface area is 114 Å². The molecule has 1 aliphatic rings. The Bertz CT molecular complexity index is 581. The Balaban J connectivity index is 2.19. The number of halogens is 1. The van der Waals surface area contributed by atoms with Gasteiger partial charge in [-0.15, -0.1) is 0 Å². The lowest BCUT2D eigenvalue weighted by Crippen LogP contribution is -2.33. The van der Waals surface area contributed by atoms with Crippen LogP contribution >= 0.6 is 0 Å². The predicted molar refractivity (Wildman–Crippen MR) is 72.9 cm³/mol. The van der Waals surface area contributed by atoms with Crippen LogP contribution in [0, 0.1) is 18.2 Å². The Kier molecular flexibility index (Phi) is 3.71. The zero-order valence-corrected chi connectivity index (χ0v) is 12.3. The lowest BCUT2D eigenvalue weighted by Gasteiger charge is -2.18. The van der Waals surface area contributed by atoms with Crippen LogP contribution in [0.5, 0.6) is 0 Å². The van der Waals surface area contributed by atoms with E-state index >= 15 is 0 Å². The quantitative estimate of drug-likeness (QED) is 0.928. The number of hydrogen-bond donors (Lipinski definition) is 1. The van der Waals surface area contributed by atoms with Gasteiger partial charge in [-0.3, -0.25) is 0 Å². The van der Waals surface area contributed by atoms with E-state index in [4.69, 9.17) is 0 Å². The van der Waals surface area contributed by atoms with Crippen molar-refractivity contribution in [2.75, 3.05) is 0 Å². The van der Waals surface area contributed by atoms with Crippen molar-refractivity contribution < 1.29 is 12.8 Å². The average Bonchev–Trinajstić information content (AvgIpc) is 2.56. The van der Waals surface area contributed by atoms with Gasteiger partial charge in [-0.25, -0.2) is 17.5 Å². The molecule has 19 heavy (non-hydrogen) atoms. The van der Waals surface area contributed by atoms with E-state index in [0.29, 0.717) is 5.56 Å². The van der Waals surface area contributed by atoms with Gasteiger partial charge in [0.1, 0.15) is 5.82 Å². The van der Waals surface area contributed by atoms with Crippen LogP contribution in [0.25, 0.3) is 0 Å². The molecule has 3 nitrogen and oxygen atoms in total. The molecule has 0 aromatic heterocycles. The summed E-state index contributed by atoms with van der Waals surface area (Å²) < 4.78 is 40.4. The van der Waals surface area contributed by atoms with Crippen LogP contribution in [0.3, 0.4) is 0 Å². The van der Waals surface area contributed by atoms with E-state index in [0.717, 1.165) is 19.3 Å². The van der Waals surface area contributed by atoms with Crippen molar-refractivity contribution in [1.82, 2.24) is 4.72 Å². The van der Waals surface area contributed by atoms with Gasteiger partial charge < -0.3 is 0 Å². The van der Waals surface area contributed by atoms with E-state index in [2.05, 4.69) is 18.6 Å². The van der Waals surface area contributed by atoms with Crippen LogP contribution in [-0.2, 0) is 10.0 Å². The highest BCUT2D eigenvalue weighted by atomic mass is 32.2. The molecule has 1 N–H and O–H groups in total. The van der Waals surface area contributed by atoms with Crippen molar-refractivity contribution in [3.63, 3.8) is 0 Å². The van der Waals surface area contributed by atoms with Crippen LogP contribution in [0.4, 0.5) is 4.39 Å². The van der Waals surface area contributed by atoms with Crippen LogP contribution in [0.15, 0.2) is 23.1 Å². The van der Waals surface area contributed by atoms with Gasteiger partial charge in [0.25, 0.3) is 0 Å². The third kappa shape index (κ3) is 3.34. The number of sulfonamides is 1. The van der Waals surface area contributed by atoms with Crippen LogP contribution in [-0.4, -0.2) is 14.5 Å². The van der Waals surface area contributed by atoms with E-state index in [1.54, 1.807) is 6.92 Å². The minimum Gasteiger partial charge on any atom is -0.208 e. The molecule has 1 fully saturated rings. The van der Waals surface area contributed by atoms with Crippen molar-refractivity contribution in [2.45, 2.75) is 51.0 Å². The van der Waals surface area contributed by atoms with Gasteiger partial charge in [0.05, 0.1) is 4.90 Å². The minimum absolute atomic E-state index is 0.0237. The summed E-state index contributed by atoms with van der Waals surface area (Å²) in [6.45, 7) is 5.89. The van der Waals surface area contributed by atoms with Gasteiger partial charge in [0.2, 0.25) is 10.0 Å². The monoisotopic (exact) mass is 285 g/mol. The summed E-state index contributed by atoms with van der Waals surface area (Å²) in [6.07, 6.45) is 2.71. The van der Waals surface area contributed by atoms with E-state index in [1.165, 1.54) is 18.2 Å². The summed E-state index contributed by atoms with van der Waals surface area (Å²) in [4.78, 5) is 0.165. The van der Waals surface area contributed by atoms with E-state index < -0.39 is 15.8 Å². The van der Waals surface area contributed by atoms with Gasteiger partial charge in [-0.05, 0) is 55.4 Å². The maximum absolute atomic E-state index is 13.0. The topological polar surface area (TPSA) is 46.2 Å². The zero-order chi connectivity index (χ0) is 14.3. The molecule has 2 rings (SSSR count). The second-order valence-corrected chi connectivity index (χ2v) is 7.82. The summed E-state index contributed by atoms with van der Waals surface area (Å²) in [6, 6.07) is 3.73. The number of aryl methyl sites for hydroxylation is 1. The number of nitrogens with one attached hydrogen (secondary N) is 1. The molecule has 5 heteroatoms. The first-order chi connectivity index (χ1) is 8.70. The number of rotatable bonds is 3. The zero-order valence-electron chi connectivity index (χ0n) is 11.5. The Morgan fingerprint density at radius 3 is 2.58 bits per heavy atom. The van der Waals surface area contributed by atoms with Crippen LogP contribution in [0.2, 0.25) is 0 Å². The Morgan fingerprint density at radius 1 is 1.37 bits per heavy atom. The molecule has 1 aromatic carbocycles. The van der Waals surface area contributed by atoms with Gasteiger partial charge in [-0.1, -0.05) is 13.8 Å². The minimum atomic E-state index is -3.56. The average molecular weight is 285 g/mol. The maximum Gasteiger partial charge on any atom is 0.241 e. The molecular formula is C14H20FNO2S. The fourth-order valence-corrected chi connectivity index (χ4v) is 4.23. The van der Waals surface area contributed by atoms with Crippen LogP contribution in [0.1, 0.15) is 38.7 Å². The third-order valence-corrected chi connectivity index (χ3v) is 5.40. The smallest absolute Gasteiger partial charge is 0.208 e. The molecule has 1 saturated carbocycles. The standard InChI is InChI=1S/C14H20FNO2S/c1-10-8-11(15)4-5-13(10)19(17,18)16-12-6-7-14(2,3)9-12/h4-5,8,12,16H,6-7,9H2,1-3H3. The fraction of sp³-hybridized carbons (Fsp3) is 0.571. The molecule has 0 spiro atoms. The van der Waals surface area contributed by atoms with Crippen molar-refractivity contribution >= 4 is 10.0 Å². The van der Waals surface area contributed by atoms with Crippen LogP contribution < -0.4 is 4.72 Å². The molecule has 1 aromatic rings. The van der Waals surface area contributed by atoms with E-state index in [-0.39, 0.29) is 16.4 Å². The highest BCUT2D eigenvalue weighted by Gasteiger charge is 2.33. The molecule has 106 valence electrons. The van der Waals surface area contributed by atoms with Gasteiger partial charge in [-0.2, -0.15) is 0 Å². The Hall–Kier alpha value is -0.940. The molecular weight excluding hydrogens is 265 g/mol. The maximum atomic E-state index is 13.0. The summed E-state index contributed by atoms with van der Waals surface area (Å²) in [7, 11) is -3.56. The summed E-state index contributed by atoms with van der Waals surface area (Å²) in [5.41, 5.74) is 0.621. The lowest BCUT2D eigenvalue weighted by molar-refractivity contribution is 0.372. The second kappa shape index (κ2) is 4.87. The first-order valence-corrected chi connectivity index (χ1v) is 7.96. The second-order valence-electron chi connectivity index (χ2n) is 6.14. The highest BCUT2D eigenvalue weighted by Crippen LogP contribution is 2.37. The molecule has 1 atom stereocenters. The number of hydrogen-bond acceptors (Lipinski definition) is 2. The first kappa shape index (κ1) is 14.5. The van der Waals surface area contributed by atoms with Crippen molar-refractivity contribution in [2.24, 2.45) is 5.41 Å². The molecule has 0 heterocycles. The molecule has 0 amide bonds. The van der Waals surface area contributed by atoms with E-state index in [9.17, 15) is 12.8 Å². The fourth-order valence-electron chi connectivity index (χ4n) is 2.73. The first-order valence-electron chi connectivity index (χ1n) is 6.48. The van der Waals surface area contributed by atoms with Crippen molar-refractivity contribution in [3.05, 3.63) is 29.6 Å². The van der Waals surface area contributed by atoms with E-state index in [1.807, 2.05) is 0 Å². The Morgan fingerprint density at radius 2 is 2.05 bits per heavy atom. The largest absolute Gasteiger partial charge is 0.241 e. The normalized spacial score (nSPS) is 22.6. The molecule has 0 radical (unpaired) electrons. The summed E-state index contributed by atoms with van der Waals surface area (Å²) in [5, 5.41) is 0. The van der Waals surface area contributed by atoms with Gasteiger partial charge in [0, 0.05) is 6.04 Å². The number of benzene rings is 1. The summed E-state index contributed by atoms with van der Waals surface area (Å²) >= 11 is 0. The van der Waals surface area contributed by atoms with Crippen molar-refractivity contribution in [3.8, 4) is 0 Å². The third-order valence-electron chi connectivity index (χ3n) is 3.72. The summed E-state index contributed by atoms with van der Waals surface area (Å²) in [5.74, 6) is -0.418. The SMILES string of the molecule is Cc1cc(F)ccc1S(=O)(=O)NC1CCC(C)(C)C1. The van der Waals surface area contributed by atoms with Gasteiger partial charge >= 0.3 is 0 Å². The molecule has 0 aliphatic heterocycles. The van der Waals surface area contributed by atoms with Crippen molar-refractivity contribution in [1.29, 1.82) is 0 Å². The molecule has 0 saturated heterocycles. The molecule has 1 aliphatic carbocycles. The molecule has 0 bridgehead atoms. The molecule has 1 unspecified atom stereocenters. The lowest BCUT2D eigenvalue weighted by atomic mass is 9.92. The predicted octanol–water partition coefficient (Wildman–Crippen LogP) is 2.99.